The second-order valence-electron chi connectivity index (χ2n) is 6.77. The molecule has 2 heteroatoms. The first-order chi connectivity index (χ1) is 10.1. The minimum atomic E-state index is 0.439. The zero-order valence-electron chi connectivity index (χ0n) is 14.2. The number of likely N-dealkylation sites (tertiary alicyclic amines) is 1. The van der Waals surface area contributed by atoms with Crippen LogP contribution in [0.25, 0.3) is 0 Å². The molecule has 0 bridgehead atoms. The predicted octanol–water partition coefficient (Wildman–Crippen LogP) is 4.16. The molecule has 0 radical (unpaired) electrons. The molecular formula is C19H32N2. The van der Waals surface area contributed by atoms with E-state index >= 15 is 0 Å². The molecule has 0 aromatic heterocycles. The van der Waals surface area contributed by atoms with Crippen molar-refractivity contribution in [2.45, 2.75) is 59.0 Å². The Hall–Kier alpha value is -0.860. The lowest BCUT2D eigenvalue weighted by atomic mass is 9.89. The van der Waals surface area contributed by atoms with Crippen LogP contribution in [0.1, 0.15) is 57.2 Å². The lowest BCUT2D eigenvalue weighted by Gasteiger charge is -2.36. The van der Waals surface area contributed by atoms with Gasteiger partial charge in [0.1, 0.15) is 0 Å². The molecule has 2 nitrogen and oxygen atoms in total. The number of benzene rings is 1. The molecule has 21 heavy (non-hydrogen) atoms. The Balaban J connectivity index is 1.81. The molecule has 2 rings (SSSR count). The molecule has 1 heterocycles. The van der Waals surface area contributed by atoms with Crippen molar-refractivity contribution in [1.82, 2.24) is 10.2 Å². The average molecular weight is 288 g/mol. The number of nitrogens with one attached hydrogen (secondary N) is 1. The summed E-state index contributed by atoms with van der Waals surface area (Å²) in [5, 5.41) is 3.81. The third kappa shape index (κ3) is 4.82. The standard InChI is InChI=1S/C19H32N2/c1-5-12-21-13-10-19(11-14-21)17(4)20-16(3)18-8-6-15(2)7-9-18/h6-9,16-17,19-20H,5,10-14H2,1-4H3/t16-,17?/m0/s1. The summed E-state index contributed by atoms with van der Waals surface area (Å²) < 4.78 is 0. The van der Waals surface area contributed by atoms with E-state index in [1.807, 2.05) is 0 Å². The molecule has 0 saturated carbocycles. The molecule has 1 aromatic carbocycles. The van der Waals surface area contributed by atoms with Crippen molar-refractivity contribution in [2.24, 2.45) is 5.92 Å². The van der Waals surface area contributed by atoms with Crippen LogP contribution >= 0.6 is 0 Å². The highest BCUT2D eigenvalue weighted by atomic mass is 15.1. The van der Waals surface area contributed by atoms with E-state index in [0.29, 0.717) is 12.1 Å². The molecule has 1 unspecified atom stereocenters. The highest BCUT2D eigenvalue weighted by molar-refractivity contribution is 5.23. The quantitative estimate of drug-likeness (QED) is 0.845. The highest BCUT2D eigenvalue weighted by Crippen LogP contribution is 2.23. The number of rotatable bonds is 6. The van der Waals surface area contributed by atoms with E-state index in [2.05, 4.69) is 62.2 Å². The van der Waals surface area contributed by atoms with Crippen molar-refractivity contribution >= 4 is 0 Å². The zero-order valence-corrected chi connectivity index (χ0v) is 14.2. The summed E-state index contributed by atoms with van der Waals surface area (Å²) in [5.41, 5.74) is 2.73. The normalized spacial score (nSPS) is 20.4. The van der Waals surface area contributed by atoms with Crippen LogP contribution in [-0.4, -0.2) is 30.6 Å². The molecule has 118 valence electrons. The van der Waals surface area contributed by atoms with E-state index in [1.165, 1.54) is 50.0 Å². The minimum Gasteiger partial charge on any atom is -0.307 e. The minimum absolute atomic E-state index is 0.439. The molecule has 0 amide bonds. The smallest absolute Gasteiger partial charge is 0.0294 e. The lowest BCUT2D eigenvalue weighted by Crippen LogP contribution is -2.42. The van der Waals surface area contributed by atoms with Gasteiger partial charge in [-0.15, -0.1) is 0 Å². The molecule has 0 spiro atoms. The van der Waals surface area contributed by atoms with Crippen LogP contribution in [0.4, 0.5) is 0 Å². The van der Waals surface area contributed by atoms with Gasteiger partial charge in [-0.2, -0.15) is 0 Å². The van der Waals surface area contributed by atoms with E-state index in [-0.39, 0.29) is 0 Å². The van der Waals surface area contributed by atoms with Crippen LogP contribution in [0, 0.1) is 12.8 Å². The molecule has 1 fully saturated rings. The van der Waals surface area contributed by atoms with Crippen LogP contribution in [0.2, 0.25) is 0 Å². The SMILES string of the molecule is CCCN1CCC(C(C)N[C@@H](C)c2ccc(C)cc2)CC1. The molecule has 2 atom stereocenters. The van der Waals surface area contributed by atoms with Crippen molar-refractivity contribution in [3.8, 4) is 0 Å². The van der Waals surface area contributed by atoms with Crippen molar-refractivity contribution in [2.75, 3.05) is 19.6 Å². The summed E-state index contributed by atoms with van der Waals surface area (Å²) in [5.74, 6) is 0.825. The van der Waals surface area contributed by atoms with Crippen molar-refractivity contribution in [3.63, 3.8) is 0 Å². The van der Waals surface area contributed by atoms with Gasteiger partial charge in [-0.25, -0.2) is 0 Å². The second kappa shape index (κ2) is 7.95. The van der Waals surface area contributed by atoms with Crippen molar-refractivity contribution < 1.29 is 0 Å². The van der Waals surface area contributed by atoms with Crippen LogP contribution in [0.5, 0.6) is 0 Å². The first-order valence-corrected chi connectivity index (χ1v) is 8.65. The van der Waals surface area contributed by atoms with Gasteiger partial charge in [0.25, 0.3) is 0 Å². The van der Waals surface area contributed by atoms with Crippen LogP contribution in [-0.2, 0) is 0 Å². The Bertz CT molecular complexity index is 404. The lowest BCUT2D eigenvalue weighted by molar-refractivity contribution is 0.159. The third-order valence-electron chi connectivity index (χ3n) is 4.97. The second-order valence-corrected chi connectivity index (χ2v) is 6.77. The monoisotopic (exact) mass is 288 g/mol. The maximum Gasteiger partial charge on any atom is 0.0294 e. The Morgan fingerprint density at radius 3 is 2.33 bits per heavy atom. The number of hydrogen-bond donors (Lipinski definition) is 1. The van der Waals surface area contributed by atoms with Gasteiger partial charge in [0.2, 0.25) is 0 Å². The summed E-state index contributed by atoms with van der Waals surface area (Å²) in [6, 6.07) is 9.97. The molecule has 0 aliphatic carbocycles. The van der Waals surface area contributed by atoms with E-state index < -0.39 is 0 Å². The maximum absolute atomic E-state index is 3.81. The summed E-state index contributed by atoms with van der Waals surface area (Å²) in [6.07, 6.45) is 3.96. The summed E-state index contributed by atoms with van der Waals surface area (Å²) >= 11 is 0. The summed E-state index contributed by atoms with van der Waals surface area (Å²) in [4.78, 5) is 2.62. The number of hydrogen-bond acceptors (Lipinski definition) is 2. The molecule has 1 saturated heterocycles. The molecule has 1 aliphatic heterocycles. The molecule has 1 N–H and O–H groups in total. The first-order valence-electron chi connectivity index (χ1n) is 8.65. The Labute approximate surface area is 130 Å². The summed E-state index contributed by atoms with van der Waals surface area (Å²) in [7, 11) is 0. The largest absolute Gasteiger partial charge is 0.307 e. The summed E-state index contributed by atoms with van der Waals surface area (Å²) in [6.45, 7) is 12.9. The van der Waals surface area contributed by atoms with Crippen LogP contribution in [0.15, 0.2) is 24.3 Å². The van der Waals surface area contributed by atoms with Crippen molar-refractivity contribution in [1.29, 1.82) is 0 Å². The van der Waals surface area contributed by atoms with E-state index in [9.17, 15) is 0 Å². The first kappa shape index (κ1) is 16.5. The number of nitrogens with zero attached hydrogens (tertiary/aromatic N) is 1. The fourth-order valence-corrected chi connectivity index (χ4v) is 3.47. The van der Waals surface area contributed by atoms with E-state index in [0.717, 1.165) is 5.92 Å². The van der Waals surface area contributed by atoms with Gasteiger partial charge in [-0.3, -0.25) is 0 Å². The Kier molecular flexibility index (Phi) is 6.25. The van der Waals surface area contributed by atoms with Gasteiger partial charge in [0.05, 0.1) is 0 Å². The number of aryl methyl sites for hydroxylation is 1. The fraction of sp³-hybridized carbons (Fsp3) is 0.684. The van der Waals surface area contributed by atoms with Gasteiger partial charge in [-0.1, -0.05) is 36.8 Å². The van der Waals surface area contributed by atoms with E-state index in [1.54, 1.807) is 0 Å². The Morgan fingerprint density at radius 1 is 1.14 bits per heavy atom. The Morgan fingerprint density at radius 2 is 1.76 bits per heavy atom. The topological polar surface area (TPSA) is 15.3 Å². The molecular weight excluding hydrogens is 256 g/mol. The van der Waals surface area contributed by atoms with Crippen LogP contribution < -0.4 is 5.32 Å². The number of piperidine rings is 1. The predicted molar refractivity (Wildman–Crippen MR) is 91.6 cm³/mol. The van der Waals surface area contributed by atoms with Crippen LogP contribution in [0.3, 0.4) is 0 Å². The third-order valence-corrected chi connectivity index (χ3v) is 4.97. The molecule has 1 aromatic rings. The van der Waals surface area contributed by atoms with E-state index in [4.69, 9.17) is 0 Å². The highest BCUT2D eigenvalue weighted by Gasteiger charge is 2.24. The average Bonchev–Trinajstić information content (AvgIpc) is 2.49. The van der Waals surface area contributed by atoms with Gasteiger partial charge >= 0.3 is 0 Å². The molecule has 1 aliphatic rings. The van der Waals surface area contributed by atoms with Crippen molar-refractivity contribution in [3.05, 3.63) is 35.4 Å². The van der Waals surface area contributed by atoms with Gasteiger partial charge in [0, 0.05) is 12.1 Å². The fourth-order valence-electron chi connectivity index (χ4n) is 3.47. The zero-order chi connectivity index (χ0) is 15.2. The van der Waals surface area contributed by atoms with Gasteiger partial charge in [0.15, 0.2) is 0 Å². The van der Waals surface area contributed by atoms with Gasteiger partial charge < -0.3 is 10.2 Å². The van der Waals surface area contributed by atoms with Gasteiger partial charge in [-0.05, 0) is 71.1 Å². The maximum atomic E-state index is 3.81.